The summed E-state index contributed by atoms with van der Waals surface area (Å²) < 4.78 is 34.1. The number of hydrogen-bond donors (Lipinski definition) is 1. The van der Waals surface area contributed by atoms with E-state index in [0.29, 0.717) is 30.1 Å². The highest BCUT2D eigenvalue weighted by Crippen LogP contribution is 2.29. The quantitative estimate of drug-likeness (QED) is 0.823. The van der Waals surface area contributed by atoms with Gasteiger partial charge < -0.3 is 14.8 Å². The second kappa shape index (κ2) is 7.74. The minimum absolute atomic E-state index is 0.0136. The minimum atomic E-state index is -3.05. The summed E-state index contributed by atoms with van der Waals surface area (Å²) in [7, 11) is -1.52. The van der Waals surface area contributed by atoms with Gasteiger partial charge in [-0.15, -0.1) is 0 Å². The number of pyridine rings is 1. The van der Waals surface area contributed by atoms with Crippen molar-refractivity contribution in [3.8, 4) is 11.5 Å². The lowest BCUT2D eigenvalue weighted by molar-refractivity contribution is 0.0940. The summed E-state index contributed by atoms with van der Waals surface area (Å²) in [4.78, 5) is 16.4. The molecule has 7 nitrogen and oxygen atoms in total. The van der Waals surface area contributed by atoms with Gasteiger partial charge in [0.25, 0.3) is 5.91 Å². The zero-order valence-corrected chi connectivity index (χ0v) is 15.2. The first kappa shape index (κ1) is 18.2. The molecule has 0 bridgehead atoms. The van der Waals surface area contributed by atoms with Crippen LogP contribution in [0.4, 0.5) is 0 Å². The van der Waals surface area contributed by atoms with Crippen molar-refractivity contribution in [1.82, 2.24) is 10.3 Å². The van der Waals surface area contributed by atoms with E-state index in [1.54, 1.807) is 30.6 Å². The molecular weight excluding hydrogens is 356 g/mol. The lowest BCUT2D eigenvalue weighted by Crippen LogP contribution is -2.35. The van der Waals surface area contributed by atoms with Gasteiger partial charge >= 0.3 is 0 Å². The monoisotopic (exact) mass is 376 g/mol. The highest BCUT2D eigenvalue weighted by atomic mass is 32.2. The Morgan fingerprint density at radius 1 is 1.23 bits per heavy atom. The number of nitrogens with one attached hydrogen (secondary N) is 1. The van der Waals surface area contributed by atoms with Crippen molar-refractivity contribution < 1.29 is 22.7 Å². The summed E-state index contributed by atoms with van der Waals surface area (Å²) in [5.74, 6) is 0.722. The van der Waals surface area contributed by atoms with E-state index in [4.69, 9.17) is 9.47 Å². The standard InChI is InChI=1S/C18H20N2O5S/c1-24-16-3-2-14(18(21)20-15-6-9-26(22,23)12-15)10-17(16)25-11-13-4-7-19-8-5-13/h2-5,7-8,10,15H,6,9,11-12H2,1H3,(H,20,21). The summed E-state index contributed by atoms with van der Waals surface area (Å²) in [6.07, 6.45) is 3.79. The van der Waals surface area contributed by atoms with E-state index in [9.17, 15) is 13.2 Å². The predicted octanol–water partition coefficient (Wildman–Crippen LogP) is 1.59. The van der Waals surface area contributed by atoms with E-state index in [-0.39, 0.29) is 23.5 Å². The molecule has 1 unspecified atom stereocenters. The zero-order chi connectivity index (χ0) is 18.6. The Balaban J connectivity index is 1.71. The molecule has 138 valence electrons. The molecule has 1 aromatic carbocycles. The fraction of sp³-hybridized carbons (Fsp3) is 0.333. The van der Waals surface area contributed by atoms with Crippen molar-refractivity contribution in [1.29, 1.82) is 0 Å². The molecule has 0 spiro atoms. The van der Waals surface area contributed by atoms with Crippen LogP contribution in [0.5, 0.6) is 11.5 Å². The second-order valence-electron chi connectivity index (χ2n) is 6.08. The van der Waals surface area contributed by atoms with Gasteiger partial charge in [0, 0.05) is 24.0 Å². The van der Waals surface area contributed by atoms with Crippen LogP contribution in [0.3, 0.4) is 0 Å². The molecule has 1 amide bonds. The largest absolute Gasteiger partial charge is 0.493 e. The molecule has 1 aliphatic rings. The van der Waals surface area contributed by atoms with Gasteiger partial charge in [-0.25, -0.2) is 8.42 Å². The molecule has 1 fully saturated rings. The van der Waals surface area contributed by atoms with Crippen LogP contribution in [0.2, 0.25) is 0 Å². The van der Waals surface area contributed by atoms with Gasteiger partial charge in [0.15, 0.2) is 21.3 Å². The predicted molar refractivity (Wildman–Crippen MR) is 96.1 cm³/mol. The average molecular weight is 376 g/mol. The number of methoxy groups -OCH3 is 1. The Labute approximate surface area is 152 Å². The maximum absolute atomic E-state index is 12.4. The molecule has 1 aromatic heterocycles. The fourth-order valence-electron chi connectivity index (χ4n) is 2.75. The van der Waals surface area contributed by atoms with Gasteiger partial charge in [0.05, 0.1) is 18.6 Å². The molecule has 0 aliphatic carbocycles. The summed E-state index contributed by atoms with van der Waals surface area (Å²) >= 11 is 0. The minimum Gasteiger partial charge on any atom is -0.493 e. The van der Waals surface area contributed by atoms with Gasteiger partial charge in [0.1, 0.15) is 6.61 Å². The number of rotatable bonds is 6. The maximum Gasteiger partial charge on any atom is 0.251 e. The molecule has 2 aromatic rings. The Morgan fingerprint density at radius 2 is 2.00 bits per heavy atom. The summed E-state index contributed by atoms with van der Waals surface area (Å²) in [6, 6.07) is 8.20. The normalized spacial score (nSPS) is 18.3. The summed E-state index contributed by atoms with van der Waals surface area (Å²) in [6.45, 7) is 0.310. The number of sulfone groups is 1. The van der Waals surface area contributed by atoms with Crippen LogP contribution in [0.25, 0.3) is 0 Å². The van der Waals surface area contributed by atoms with Crippen molar-refractivity contribution in [2.45, 2.75) is 19.1 Å². The number of nitrogens with zero attached hydrogens (tertiary/aromatic N) is 1. The molecule has 1 N–H and O–H groups in total. The SMILES string of the molecule is COc1ccc(C(=O)NC2CCS(=O)(=O)C2)cc1OCc1ccncc1. The van der Waals surface area contributed by atoms with Crippen LogP contribution < -0.4 is 14.8 Å². The Bertz CT molecular complexity index is 884. The Hall–Kier alpha value is -2.61. The third-order valence-electron chi connectivity index (χ3n) is 4.14. The first-order chi connectivity index (χ1) is 12.5. The van der Waals surface area contributed by atoms with E-state index in [1.165, 1.54) is 7.11 Å². The van der Waals surface area contributed by atoms with E-state index in [0.717, 1.165) is 5.56 Å². The number of benzene rings is 1. The molecule has 1 saturated heterocycles. The highest BCUT2D eigenvalue weighted by Gasteiger charge is 2.29. The lowest BCUT2D eigenvalue weighted by Gasteiger charge is -2.14. The van der Waals surface area contributed by atoms with Crippen LogP contribution in [0.1, 0.15) is 22.3 Å². The summed E-state index contributed by atoms with van der Waals surface area (Å²) in [5, 5.41) is 2.77. The molecule has 3 rings (SSSR count). The third kappa shape index (κ3) is 4.51. The molecule has 1 atom stereocenters. The highest BCUT2D eigenvalue weighted by molar-refractivity contribution is 7.91. The number of aromatic nitrogens is 1. The number of ether oxygens (including phenoxy) is 2. The van der Waals surface area contributed by atoms with E-state index in [1.807, 2.05) is 12.1 Å². The number of amides is 1. The molecular formula is C18H20N2O5S. The van der Waals surface area contributed by atoms with Crippen molar-refractivity contribution in [2.75, 3.05) is 18.6 Å². The number of carbonyl (C=O) groups is 1. The van der Waals surface area contributed by atoms with Crippen LogP contribution in [-0.4, -0.2) is 44.0 Å². The van der Waals surface area contributed by atoms with E-state index in [2.05, 4.69) is 10.3 Å². The van der Waals surface area contributed by atoms with Crippen molar-refractivity contribution in [3.05, 3.63) is 53.9 Å². The van der Waals surface area contributed by atoms with Gasteiger partial charge in [-0.3, -0.25) is 9.78 Å². The third-order valence-corrected chi connectivity index (χ3v) is 5.91. The molecule has 0 saturated carbocycles. The zero-order valence-electron chi connectivity index (χ0n) is 14.3. The van der Waals surface area contributed by atoms with E-state index >= 15 is 0 Å². The second-order valence-corrected chi connectivity index (χ2v) is 8.31. The molecule has 0 radical (unpaired) electrons. The number of hydrogen-bond acceptors (Lipinski definition) is 6. The smallest absolute Gasteiger partial charge is 0.251 e. The topological polar surface area (TPSA) is 94.6 Å². The van der Waals surface area contributed by atoms with Crippen LogP contribution in [-0.2, 0) is 16.4 Å². The van der Waals surface area contributed by atoms with E-state index < -0.39 is 9.84 Å². The molecule has 1 aliphatic heterocycles. The van der Waals surface area contributed by atoms with Crippen molar-refractivity contribution in [2.24, 2.45) is 0 Å². The first-order valence-corrected chi connectivity index (χ1v) is 10.00. The molecule has 8 heteroatoms. The first-order valence-electron chi connectivity index (χ1n) is 8.18. The van der Waals surface area contributed by atoms with Crippen LogP contribution >= 0.6 is 0 Å². The van der Waals surface area contributed by atoms with Crippen molar-refractivity contribution >= 4 is 15.7 Å². The van der Waals surface area contributed by atoms with Gasteiger partial charge in [-0.05, 0) is 42.3 Å². The maximum atomic E-state index is 12.4. The van der Waals surface area contributed by atoms with Crippen LogP contribution in [0, 0.1) is 0 Å². The molecule has 26 heavy (non-hydrogen) atoms. The van der Waals surface area contributed by atoms with Crippen LogP contribution in [0.15, 0.2) is 42.7 Å². The molecule has 2 heterocycles. The van der Waals surface area contributed by atoms with Gasteiger partial charge in [-0.1, -0.05) is 0 Å². The Kier molecular flexibility index (Phi) is 5.41. The van der Waals surface area contributed by atoms with Gasteiger partial charge in [-0.2, -0.15) is 0 Å². The fourth-order valence-corrected chi connectivity index (χ4v) is 4.42. The lowest BCUT2D eigenvalue weighted by atomic mass is 10.1. The van der Waals surface area contributed by atoms with Crippen molar-refractivity contribution in [3.63, 3.8) is 0 Å². The average Bonchev–Trinajstić information content (AvgIpc) is 2.99. The Morgan fingerprint density at radius 3 is 2.65 bits per heavy atom. The number of carbonyl (C=O) groups excluding carboxylic acids is 1. The van der Waals surface area contributed by atoms with Gasteiger partial charge in [0.2, 0.25) is 0 Å². The summed E-state index contributed by atoms with van der Waals surface area (Å²) in [5.41, 5.74) is 1.33.